The van der Waals surface area contributed by atoms with Crippen LogP contribution in [0.15, 0.2) is 52.1 Å². The van der Waals surface area contributed by atoms with Crippen molar-refractivity contribution in [2.75, 3.05) is 0 Å². The number of nitriles is 1. The molecule has 0 fully saturated rings. The number of fused-ring (bicyclic) bond motifs is 1. The van der Waals surface area contributed by atoms with E-state index in [1.165, 1.54) is 17.1 Å². The summed E-state index contributed by atoms with van der Waals surface area (Å²) in [5, 5.41) is 20.0. The van der Waals surface area contributed by atoms with Gasteiger partial charge >= 0.3 is 0 Å². The molecule has 4 nitrogen and oxygen atoms in total. The topological polar surface area (TPSA) is 62.7 Å². The van der Waals surface area contributed by atoms with Crippen molar-refractivity contribution in [1.29, 1.82) is 5.26 Å². The molecule has 1 aromatic heterocycles. The van der Waals surface area contributed by atoms with Crippen LogP contribution in [0.1, 0.15) is 19.8 Å². The molecule has 0 aliphatic heterocycles. The first-order chi connectivity index (χ1) is 10.8. The third kappa shape index (κ3) is 3.29. The standard InChI is InChI=1S/C17H15N3OS/c1-12(5-4-10-18)22-17-20-19-16(21-17)15-9-8-13-6-2-3-7-14(13)11-15/h2-3,6-9,11-12H,4-5H2,1H3/t12-/m1/s1. The van der Waals surface area contributed by atoms with Crippen molar-refractivity contribution in [3.63, 3.8) is 0 Å². The van der Waals surface area contributed by atoms with E-state index in [0.29, 0.717) is 17.5 Å². The Morgan fingerprint density at radius 2 is 2.00 bits per heavy atom. The van der Waals surface area contributed by atoms with Crippen LogP contribution in [-0.4, -0.2) is 15.4 Å². The predicted octanol–water partition coefficient (Wildman–Crippen LogP) is 4.67. The Morgan fingerprint density at radius 1 is 1.18 bits per heavy atom. The summed E-state index contributed by atoms with van der Waals surface area (Å²) >= 11 is 1.51. The van der Waals surface area contributed by atoms with E-state index in [4.69, 9.17) is 9.68 Å². The van der Waals surface area contributed by atoms with Crippen molar-refractivity contribution in [3.05, 3.63) is 42.5 Å². The van der Waals surface area contributed by atoms with Crippen LogP contribution in [0.3, 0.4) is 0 Å². The molecule has 0 radical (unpaired) electrons. The molecule has 1 heterocycles. The molecular formula is C17H15N3OS. The second-order valence-electron chi connectivity index (χ2n) is 5.06. The third-order valence-corrected chi connectivity index (χ3v) is 4.37. The summed E-state index contributed by atoms with van der Waals surface area (Å²) in [7, 11) is 0. The average molecular weight is 309 g/mol. The molecular weight excluding hydrogens is 294 g/mol. The molecule has 0 amide bonds. The molecule has 3 rings (SSSR count). The number of hydrogen-bond donors (Lipinski definition) is 0. The highest BCUT2D eigenvalue weighted by atomic mass is 32.2. The molecule has 0 unspecified atom stereocenters. The van der Waals surface area contributed by atoms with Gasteiger partial charge in [0.1, 0.15) is 0 Å². The molecule has 0 saturated carbocycles. The quantitative estimate of drug-likeness (QED) is 0.641. The van der Waals surface area contributed by atoms with Gasteiger partial charge in [0.15, 0.2) is 0 Å². The summed E-state index contributed by atoms with van der Waals surface area (Å²) in [4.78, 5) is 0. The van der Waals surface area contributed by atoms with Gasteiger partial charge in [0.25, 0.3) is 5.22 Å². The molecule has 0 N–H and O–H groups in total. The van der Waals surface area contributed by atoms with Crippen LogP contribution >= 0.6 is 11.8 Å². The fraction of sp³-hybridized carbons (Fsp3) is 0.235. The Hall–Kier alpha value is -2.32. The Kier molecular flexibility index (Phi) is 4.40. The van der Waals surface area contributed by atoms with Crippen molar-refractivity contribution < 1.29 is 4.42 Å². The lowest BCUT2D eigenvalue weighted by molar-refractivity contribution is 0.464. The van der Waals surface area contributed by atoms with Crippen LogP contribution in [0.2, 0.25) is 0 Å². The SMILES string of the molecule is C[C@H](CCC#N)Sc1nnc(-c2ccc3ccccc3c2)o1. The summed E-state index contributed by atoms with van der Waals surface area (Å²) in [6.07, 6.45) is 1.36. The van der Waals surface area contributed by atoms with Gasteiger partial charge in [0.2, 0.25) is 5.89 Å². The molecule has 0 aliphatic carbocycles. The zero-order valence-corrected chi connectivity index (χ0v) is 13.0. The first-order valence-corrected chi connectivity index (χ1v) is 8.00. The predicted molar refractivity (Wildman–Crippen MR) is 87.4 cm³/mol. The van der Waals surface area contributed by atoms with Crippen LogP contribution in [0.4, 0.5) is 0 Å². The monoisotopic (exact) mass is 309 g/mol. The summed E-state index contributed by atoms with van der Waals surface area (Å²) < 4.78 is 5.73. The van der Waals surface area contributed by atoms with Crippen LogP contribution in [0, 0.1) is 11.3 Å². The highest BCUT2D eigenvalue weighted by Crippen LogP contribution is 2.29. The number of hydrogen-bond acceptors (Lipinski definition) is 5. The van der Waals surface area contributed by atoms with Crippen LogP contribution < -0.4 is 0 Å². The molecule has 0 bridgehead atoms. The molecule has 2 aromatic carbocycles. The Morgan fingerprint density at radius 3 is 2.82 bits per heavy atom. The molecule has 22 heavy (non-hydrogen) atoms. The Bertz CT molecular complexity index is 822. The highest BCUT2D eigenvalue weighted by Gasteiger charge is 2.13. The number of thioether (sulfide) groups is 1. The van der Waals surface area contributed by atoms with Gasteiger partial charge in [0, 0.05) is 17.2 Å². The first-order valence-electron chi connectivity index (χ1n) is 7.12. The third-order valence-electron chi connectivity index (χ3n) is 3.37. The van der Waals surface area contributed by atoms with E-state index in [0.717, 1.165) is 17.4 Å². The largest absolute Gasteiger partial charge is 0.411 e. The van der Waals surface area contributed by atoms with Crippen molar-refractivity contribution >= 4 is 22.5 Å². The molecule has 0 spiro atoms. The van der Waals surface area contributed by atoms with Crippen LogP contribution in [0.5, 0.6) is 0 Å². The minimum atomic E-state index is 0.282. The number of benzene rings is 2. The van der Waals surface area contributed by atoms with E-state index in [-0.39, 0.29) is 5.25 Å². The smallest absolute Gasteiger partial charge is 0.277 e. The van der Waals surface area contributed by atoms with E-state index in [1.807, 2.05) is 18.2 Å². The normalized spacial score (nSPS) is 12.2. The van der Waals surface area contributed by atoms with Gasteiger partial charge in [-0.1, -0.05) is 49.0 Å². The van der Waals surface area contributed by atoms with E-state index in [1.54, 1.807) is 0 Å². The van der Waals surface area contributed by atoms with E-state index in [9.17, 15) is 0 Å². The summed E-state index contributed by atoms with van der Waals surface area (Å²) in [6, 6.07) is 16.4. The van der Waals surface area contributed by atoms with E-state index < -0.39 is 0 Å². The second-order valence-corrected chi connectivity index (χ2v) is 6.45. The van der Waals surface area contributed by atoms with Crippen molar-refractivity contribution in [2.45, 2.75) is 30.2 Å². The number of aromatic nitrogens is 2. The molecule has 0 aliphatic rings. The molecule has 1 atom stereocenters. The van der Waals surface area contributed by atoms with E-state index in [2.05, 4.69) is 47.5 Å². The fourth-order valence-corrected chi connectivity index (χ4v) is 2.99. The van der Waals surface area contributed by atoms with Gasteiger partial charge in [-0.2, -0.15) is 5.26 Å². The first kappa shape index (κ1) is 14.6. The van der Waals surface area contributed by atoms with Crippen LogP contribution in [-0.2, 0) is 0 Å². The van der Waals surface area contributed by atoms with Gasteiger partial charge in [-0.3, -0.25) is 0 Å². The second kappa shape index (κ2) is 6.63. The van der Waals surface area contributed by atoms with Gasteiger partial charge < -0.3 is 4.42 Å². The van der Waals surface area contributed by atoms with Crippen molar-refractivity contribution in [2.24, 2.45) is 0 Å². The minimum absolute atomic E-state index is 0.282. The maximum absolute atomic E-state index is 8.61. The van der Waals surface area contributed by atoms with Crippen molar-refractivity contribution in [1.82, 2.24) is 10.2 Å². The molecule has 3 aromatic rings. The van der Waals surface area contributed by atoms with Crippen molar-refractivity contribution in [3.8, 4) is 17.5 Å². The molecule has 0 saturated heterocycles. The zero-order chi connectivity index (χ0) is 15.4. The fourth-order valence-electron chi connectivity index (χ4n) is 2.20. The maximum Gasteiger partial charge on any atom is 0.277 e. The minimum Gasteiger partial charge on any atom is -0.411 e. The molecule has 110 valence electrons. The lowest BCUT2D eigenvalue weighted by atomic mass is 10.1. The lowest BCUT2D eigenvalue weighted by Crippen LogP contribution is -1.94. The summed E-state index contributed by atoms with van der Waals surface area (Å²) in [5.74, 6) is 0.528. The summed E-state index contributed by atoms with van der Waals surface area (Å²) in [5.41, 5.74) is 0.919. The average Bonchev–Trinajstić information content (AvgIpc) is 3.01. The van der Waals surface area contributed by atoms with Crippen LogP contribution in [0.25, 0.3) is 22.2 Å². The van der Waals surface area contributed by atoms with Gasteiger partial charge in [-0.25, -0.2) is 0 Å². The van der Waals surface area contributed by atoms with Gasteiger partial charge in [-0.15, -0.1) is 10.2 Å². The Balaban J connectivity index is 1.78. The molecule has 5 heteroatoms. The number of nitrogens with zero attached hydrogens (tertiary/aromatic N) is 3. The highest BCUT2D eigenvalue weighted by molar-refractivity contribution is 7.99. The van der Waals surface area contributed by atoms with Gasteiger partial charge in [0.05, 0.1) is 6.07 Å². The lowest BCUT2D eigenvalue weighted by Gasteiger charge is -2.03. The maximum atomic E-state index is 8.61. The van der Waals surface area contributed by atoms with E-state index >= 15 is 0 Å². The number of rotatable bonds is 5. The van der Waals surface area contributed by atoms with Gasteiger partial charge in [-0.05, 0) is 29.3 Å². The summed E-state index contributed by atoms with van der Waals surface area (Å²) in [6.45, 7) is 2.06. The zero-order valence-electron chi connectivity index (χ0n) is 12.2. The Labute approximate surface area is 133 Å².